The van der Waals surface area contributed by atoms with Gasteiger partial charge in [-0.25, -0.2) is 13.1 Å². The van der Waals surface area contributed by atoms with E-state index in [1.807, 2.05) is 6.08 Å². The zero-order valence-electron chi connectivity index (χ0n) is 17.3. The van der Waals surface area contributed by atoms with Gasteiger partial charge in [0.25, 0.3) is 5.91 Å². The molecule has 2 unspecified atom stereocenters. The van der Waals surface area contributed by atoms with E-state index in [1.54, 1.807) is 35.1 Å². The molecule has 1 fully saturated rings. The number of nitrogens with zero attached hydrogens (tertiary/aromatic N) is 2. The van der Waals surface area contributed by atoms with Crippen LogP contribution in [0.1, 0.15) is 36.0 Å². The van der Waals surface area contributed by atoms with Gasteiger partial charge in [0.05, 0.1) is 10.9 Å². The second-order valence-corrected chi connectivity index (χ2v) is 9.78. The van der Waals surface area contributed by atoms with E-state index in [2.05, 4.69) is 4.72 Å². The summed E-state index contributed by atoms with van der Waals surface area (Å²) in [6.07, 6.45) is 6.45. The molecular formula is C21H30N4O4S. The fourth-order valence-electron chi connectivity index (χ4n) is 3.93. The van der Waals surface area contributed by atoms with Gasteiger partial charge in [-0.15, -0.1) is 0 Å². The third-order valence-corrected chi connectivity index (χ3v) is 7.05. The summed E-state index contributed by atoms with van der Waals surface area (Å²) in [4.78, 5) is 28.9. The zero-order chi connectivity index (χ0) is 21.7. The van der Waals surface area contributed by atoms with Gasteiger partial charge < -0.3 is 15.5 Å². The molecule has 2 aliphatic rings. The molecule has 2 heterocycles. The topological polar surface area (TPSA) is 113 Å². The van der Waals surface area contributed by atoms with E-state index in [9.17, 15) is 18.0 Å². The highest BCUT2D eigenvalue weighted by atomic mass is 32.2. The monoisotopic (exact) mass is 434 g/mol. The van der Waals surface area contributed by atoms with Crippen molar-refractivity contribution < 1.29 is 18.0 Å². The number of sulfonamides is 1. The van der Waals surface area contributed by atoms with Crippen molar-refractivity contribution >= 4 is 21.8 Å². The van der Waals surface area contributed by atoms with Crippen molar-refractivity contribution in [3.8, 4) is 0 Å². The minimum absolute atomic E-state index is 0.0757. The Bertz CT molecular complexity index is 915. The molecule has 8 nitrogen and oxygen atoms in total. The van der Waals surface area contributed by atoms with Crippen molar-refractivity contribution in [3.63, 3.8) is 0 Å². The first kappa shape index (κ1) is 22.5. The quantitative estimate of drug-likeness (QED) is 0.591. The number of fused-ring (bicyclic) bond motifs is 4. The average Bonchev–Trinajstić information content (AvgIpc) is 3.19. The molecule has 1 aromatic carbocycles. The van der Waals surface area contributed by atoms with Gasteiger partial charge in [-0.2, -0.15) is 0 Å². The smallest absolute Gasteiger partial charge is 0.253 e. The summed E-state index contributed by atoms with van der Waals surface area (Å²) in [5.74, 6) is -0.103. The lowest BCUT2D eigenvalue weighted by molar-refractivity contribution is -0.132. The lowest BCUT2D eigenvalue weighted by Crippen LogP contribution is -2.44. The minimum atomic E-state index is -3.71. The van der Waals surface area contributed by atoms with Crippen LogP contribution in [0.5, 0.6) is 0 Å². The number of nitrogens with two attached hydrogens (primary N) is 1. The molecule has 3 N–H and O–H groups in total. The molecule has 30 heavy (non-hydrogen) atoms. The van der Waals surface area contributed by atoms with Gasteiger partial charge >= 0.3 is 0 Å². The van der Waals surface area contributed by atoms with Crippen LogP contribution in [0.15, 0.2) is 41.3 Å². The maximum absolute atomic E-state index is 12.9. The van der Waals surface area contributed by atoms with Crippen LogP contribution in [-0.4, -0.2) is 69.3 Å². The fourth-order valence-corrected chi connectivity index (χ4v) is 4.95. The van der Waals surface area contributed by atoms with Crippen LogP contribution in [0.4, 0.5) is 0 Å². The molecule has 9 heteroatoms. The van der Waals surface area contributed by atoms with E-state index in [0.29, 0.717) is 38.0 Å². The van der Waals surface area contributed by atoms with Crippen molar-refractivity contribution in [3.05, 3.63) is 42.0 Å². The summed E-state index contributed by atoms with van der Waals surface area (Å²) in [6, 6.07) is 5.57. The first-order valence-electron chi connectivity index (χ1n) is 10.3. The summed E-state index contributed by atoms with van der Waals surface area (Å²) in [5, 5.41) is 0. The summed E-state index contributed by atoms with van der Waals surface area (Å²) in [7, 11) is -1.95. The molecule has 0 aliphatic carbocycles. The number of carbonyl (C=O) groups is 2. The highest BCUT2D eigenvalue weighted by Crippen LogP contribution is 2.21. The van der Waals surface area contributed by atoms with Gasteiger partial charge in [-0.1, -0.05) is 18.2 Å². The summed E-state index contributed by atoms with van der Waals surface area (Å²) >= 11 is 0. The molecule has 0 spiro atoms. The largest absolute Gasteiger partial charge is 0.344 e. The van der Waals surface area contributed by atoms with Crippen molar-refractivity contribution in [2.45, 2.75) is 36.6 Å². The number of rotatable bonds is 0. The number of benzene rings is 1. The molecular weight excluding hydrogens is 404 g/mol. The van der Waals surface area contributed by atoms with Crippen LogP contribution >= 0.6 is 0 Å². The second-order valence-electron chi connectivity index (χ2n) is 8.01. The number of allylic oxidation sites excluding steroid dienone is 1. The number of hydrogen-bond donors (Lipinski definition) is 2. The molecule has 0 radical (unpaired) electrons. The van der Waals surface area contributed by atoms with Crippen LogP contribution in [-0.2, 0) is 14.8 Å². The van der Waals surface area contributed by atoms with Gasteiger partial charge in [-0.05, 0) is 49.8 Å². The van der Waals surface area contributed by atoms with E-state index in [0.717, 1.165) is 12.8 Å². The Morgan fingerprint density at radius 3 is 2.73 bits per heavy atom. The third kappa shape index (κ3) is 5.47. The molecule has 1 aromatic rings. The normalized spacial score (nSPS) is 27.3. The Kier molecular flexibility index (Phi) is 7.27. The molecule has 2 aliphatic heterocycles. The number of amides is 2. The maximum Gasteiger partial charge on any atom is 0.253 e. The van der Waals surface area contributed by atoms with Crippen molar-refractivity contribution in [1.29, 1.82) is 0 Å². The van der Waals surface area contributed by atoms with Crippen LogP contribution < -0.4 is 10.5 Å². The van der Waals surface area contributed by atoms with E-state index in [-0.39, 0.29) is 29.2 Å². The van der Waals surface area contributed by atoms with Crippen LogP contribution in [0, 0.1) is 5.92 Å². The second kappa shape index (κ2) is 9.72. The SMILES string of the molecule is CN1CC2CCN(C2)C(=O)c2cccc(c2)S(=O)(=O)NC/C=C\CCCC(N)C1=O. The predicted octanol–water partition coefficient (Wildman–Crippen LogP) is 0.953. The first-order valence-corrected chi connectivity index (χ1v) is 11.8. The standard InChI is InChI=1S/C21H30N4O4S/c1-24-14-16-10-12-25(15-16)20(26)17-7-6-8-18(13-17)30(28,29)23-11-5-3-2-4-9-19(22)21(24)27/h3,5-8,13,16,19,23H,2,4,9-12,14-15,22H2,1H3/b5-3-. The molecule has 0 aromatic heterocycles. The van der Waals surface area contributed by atoms with E-state index in [4.69, 9.17) is 5.73 Å². The minimum Gasteiger partial charge on any atom is -0.344 e. The maximum atomic E-state index is 12.9. The Morgan fingerprint density at radius 2 is 1.93 bits per heavy atom. The van der Waals surface area contributed by atoms with E-state index < -0.39 is 16.1 Å². The number of carbonyl (C=O) groups excluding carboxylic acids is 2. The molecule has 2 amide bonds. The highest BCUT2D eigenvalue weighted by molar-refractivity contribution is 7.89. The Balaban J connectivity index is 1.82. The average molecular weight is 435 g/mol. The van der Waals surface area contributed by atoms with Gasteiger partial charge in [0.15, 0.2) is 0 Å². The summed E-state index contributed by atoms with van der Waals surface area (Å²) < 4.78 is 27.6. The Labute approximate surface area is 178 Å². The van der Waals surface area contributed by atoms with E-state index in [1.165, 1.54) is 12.1 Å². The summed E-state index contributed by atoms with van der Waals surface area (Å²) in [5.41, 5.74) is 6.41. The molecule has 3 rings (SSSR count). The van der Waals surface area contributed by atoms with Gasteiger partial charge in [0.2, 0.25) is 15.9 Å². The predicted molar refractivity (Wildman–Crippen MR) is 114 cm³/mol. The van der Waals surface area contributed by atoms with Gasteiger partial charge in [0.1, 0.15) is 0 Å². The Hall–Kier alpha value is -2.23. The van der Waals surface area contributed by atoms with Gasteiger partial charge in [0, 0.05) is 38.8 Å². The van der Waals surface area contributed by atoms with Crippen molar-refractivity contribution in [2.24, 2.45) is 11.7 Å². The van der Waals surface area contributed by atoms with Crippen molar-refractivity contribution in [2.75, 3.05) is 33.2 Å². The van der Waals surface area contributed by atoms with Crippen LogP contribution in [0.2, 0.25) is 0 Å². The lowest BCUT2D eigenvalue weighted by atomic mass is 10.1. The molecule has 2 atom stereocenters. The third-order valence-electron chi connectivity index (χ3n) is 5.63. The number of likely N-dealkylation sites (N-methyl/N-ethyl adjacent to an activating group) is 1. The van der Waals surface area contributed by atoms with Gasteiger partial charge in [-0.3, -0.25) is 9.59 Å². The van der Waals surface area contributed by atoms with Crippen LogP contribution in [0.25, 0.3) is 0 Å². The number of nitrogens with one attached hydrogen (secondary N) is 1. The van der Waals surface area contributed by atoms with Crippen molar-refractivity contribution in [1.82, 2.24) is 14.5 Å². The molecule has 0 saturated carbocycles. The molecule has 164 valence electrons. The molecule has 1 saturated heterocycles. The molecule has 4 bridgehead atoms. The Morgan fingerprint density at radius 1 is 1.13 bits per heavy atom. The fraction of sp³-hybridized carbons (Fsp3) is 0.524. The highest BCUT2D eigenvalue weighted by Gasteiger charge is 2.30. The number of hydrogen-bond acceptors (Lipinski definition) is 5. The first-order chi connectivity index (χ1) is 14.3. The lowest BCUT2D eigenvalue weighted by Gasteiger charge is -2.24. The van der Waals surface area contributed by atoms with Crippen LogP contribution in [0.3, 0.4) is 0 Å². The zero-order valence-corrected chi connectivity index (χ0v) is 18.1. The summed E-state index contributed by atoms with van der Waals surface area (Å²) in [6.45, 7) is 1.82. The van der Waals surface area contributed by atoms with E-state index >= 15 is 0 Å².